The minimum absolute atomic E-state index is 0.208. The largest absolute Gasteiger partial charge is 0.490 e. The highest BCUT2D eigenvalue weighted by atomic mass is 79.9. The first kappa shape index (κ1) is 27.2. The molecule has 0 aromatic heterocycles. The Kier molecular flexibility index (Phi) is 8.91. The number of aryl methyl sites for hydroxylation is 1. The second kappa shape index (κ2) is 12.1. The van der Waals surface area contributed by atoms with E-state index in [0.29, 0.717) is 44.7 Å². The van der Waals surface area contributed by atoms with Gasteiger partial charge in [-0.25, -0.2) is 0 Å². The first-order valence-electron chi connectivity index (χ1n) is 11.2. The van der Waals surface area contributed by atoms with Gasteiger partial charge in [-0.05, 0) is 89.0 Å². The van der Waals surface area contributed by atoms with Crippen LogP contribution >= 0.6 is 51.5 Å². The molecule has 1 heterocycles. The lowest BCUT2D eigenvalue weighted by atomic mass is 10.1. The van der Waals surface area contributed by atoms with Crippen LogP contribution in [-0.2, 0) is 11.4 Å². The van der Waals surface area contributed by atoms with Gasteiger partial charge in [0.2, 0.25) is 0 Å². The lowest BCUT2D eigenvalue weighted by Gasteiger charge is -2.16. The number of thioether (sulfide) groups is 1. The highest BCUT2D eigenvalue weighted by Gasteiger charge is 2.34. The van der Waals surface area contributed by atoms with E-state index in [1.54, 1.807) is 30.3 Å². The van der Waals surface area contributed by atoms with Gasteiger partial charge in [-0.15, -0.1) is 0 Å². The zero-order valence-electron chi connectivity index (χ0n) is 19.9. The standard InChI is InChI=1S/C27H22BrClN2O4S2/c1-3-34-22-13-18(12-20(28)24(22)35-15-17-7-5-4-6-8-17)14-23-26(33)31(27(36)37-23)30-25(32)19-10-9-16(2)11-21(19)29/h4-14H,3,15H2,1-2H3,(H,30,32)/b23-14+. The first-order valence-corrected chi connectivity index (χ1v) is 13.6. The van der Waals surface area contributed by atoms with E-state index in [1.165, 1.54) is 0 Å². The number of carbonyl (C=O) groups excluding carboxylic acids is 2. The molecule has 0 aliphatic carbocycles. The molecule has 1 saturated heterocycles. The van der Waals surface area contributed by atoms with E-state index in [9.17, 15) is 9.59 Å². The van der Waals surface area contributed by atoms with Crippen molar-refractivity contribution in [2.45, 2.75) is 20.5 Å². The summed E-state index contributed by atoms with van der Waals surface area (Å²) in [7, 11) is 0. The number of nitrogens with one attached hydrogen (secondary N) is 1. The molecular weight excluding hydrogens is 596 g/mol. The van der Waals surface area contributed by atoms with Crippen LogP contribution < -0.4 is 14.9 Å². The third-order valence-electron chi connectivity index (χ3n) is 5.23. The van der Waals surface area contributed by atoms with Crippen molar-refractivity contribution < 1.29 is 19.1 Å². The van der Waals surface area contributed by atoms with E-state index in [2.05, 4.69) is 21.4 Å². The third-order valence-corrected chi connectivity index (χ3v) is 7.44. The van der Waals surface area contributed by atoms with Gasteiger partial charge in [0.25, 0.3) is 11.8 Å². The summed E-state index contributed by atoms with van der Waals surface area (Å²) in [6, 6.07) is 18.5. The summed E-state index contributed by atoms with van der Waals surface area (Å²) in [5, 5.41) is 1.35. The Balaban J connectivity index is 1.54. The number of ether oxygens (including phenoxy) is 2. The molecule has 1 aliphatic heterocycles. The van der Waals surface area contributed by atoms with Crippen molar-refractivity contribution in [2.24, 2.45) is 0 Å². The summed E-state index contributed by atoms with van der Waals surface area (Å²) < 4.78 is 12.7. The maximum absolute atomic E-state index is 13.1. The molecule has 0 unspecified atom stereocenters. The molecule has 0 saturated carbocycles. The lowest BCUT2D eigenvalue weighted by molar-refractivity contribution is -0.123. The second-order valence-corrected chi connectivity index (χ2v) is 10.9. The number of hydrogen-bond donors (Lipinski definition) is 1. The summed E-state index contributed by atoms with van der Waals surface area (Å²) in [4.78, 5) is 26.2. The summed E-state index contributed by atoms with van der Waals surface area (Å²) in [5.41, 5.74) is 5.46. The van der Waals surface area contributed by atoms with Crippen LogP contribution in [0.2, 0.25) is 5.02 Å². The molecule has 2 amide bonds. The number of thiocarbonyl (C=S) groups is 1. The smallest absolute Gasteiger partial charge is 0.285 e. The van der Waals surface area contributed by atoms with Crippen LogP contribution in [-0.4, -0.2) is 27.8 Å². The van der Waals surface area contributed by atoms with Gasteiger partial charge in [0.1, 0.15) is 6.61 Å². The van der Waals surface area contributed by atoms with Crippen LogP contribution in [0.3, 0.4) is 0 Å². The average molecular weight is 618 g/mol. The number of hydrogen-bond acceptors (Lipinski definition) is 6. The Hall–Kier alpha value is -2.85. The molecule has 10 heteroatoms. The molecular formula is C27H22BrClN2O4S2. The van der Waals surface area contributed by atoms with Gasteiger partial charge < -0.3 is 9.47 Å². The van der Waals surface area contributed by atoms with Crippen molar-refractivity contribution in [1.29, 1.82) is 0 Å². The molecule has 4 rings (SSSR count). The fourth-order valence-electron chi connectivity index (χ4n) is 3.49. The van der Waals surface area contributed by atoms with Gasteiger partial charge in [0, 0.05) is 0 Å². The molecule has 190 valence electrons. The Morgan fingerprint density at radius 1 is 1.16 bits per heavy atom. The summed E-state index contributed by atoms with van der Waals surface area (Å²) in [5.74, 6) is 0.142. The first-order chi connectivity index (χ1) is 17.8. The van der Waals surface area contributed by atoms with Gasteiger partial charge in [-0.2, -0.15) is 5.01 Å². The van der Waals surface area contributed by atoms with Crippen molar-refractivity contribution in [2.75, 3.05) is 6.61 Å². The van der Waals surface area contributed by atoms with Crippen LogP contribution in [0.4, 0.5) is 0 Å². The predicted molar refractivity (Wildman–Crippen MR) is 155 cm³/mol. The normalized spacial score (nSPS) is 14.3. The van der Waals surface area contributed by atoms with E-state index >= 15 is 0 Å². The molecule has 1 aliphatic rings. The molecule has 3 aromatic carbocycles. The van der Waals surface area contributed by atoms with E-state index in [-0.39, 0.29) is 9.88 Å². The number of nitrogens with zero attached hydrogens (tertiary/aromatic N) is 1. The topological polar surface area (TPSA) is 67.9 Å². The summed E-state index contributed by atoms with van der Waals surface area (Å²) in [6.07, 6.45) is 1.69. The van der Waals surface area contributed by atoms with Crippen LogP contribution in [0.5, 0.6) is 11.5 Å². The molecule has 3 aromatic rings. The zero-order chi connectivity index (χ0) is 26.5. The molecule has 6 nitrogen and oxygen atoms in total. The highest BCUT2D eigenvalue weighted by molar-refractivity contribution is 9.10. The minimum Gasteiger partial charge on any atom is -0.490 e. The van der Waals surface area contributed by atoms with Crippen molar-refractivity contribution in [3.8, 4) is 11.5 Å². The van der Waals surface area contributed by atoms with E-state index in [4.69, 9.17) is 33.3 Å². The number of benzene rings is 3. The molecule has 0 bridgehead atoms. The van der Waals surface area contributed by atoms with Gasteiger partial charge in [-0.3, -0.25) is 15.0 Å². The Bertz CT molecular complexity index is 1400. The van der Waals surface area contributed by atoms with E-state index in [1.807, 2.05) is 50.2 Å². The van der Waals surface area contributed by atoms with E-state index in [0.717, 1.165) is 27.9 Å². The van der Waals surface area contributed by atoms with Crippen molar-refractivity contribution in [1.82, 2.24) is 10.4 Å². The van der Waals surface area contributed by atoms with Crippen molar-refractivity contribution in [3.63, 3.8) is 0 Å². The summed E-state index contributed by atoms with van der Waals surface area (Å²) >= 11 is 16.2. The Morgan fingerprint density at radius 3 is 2.62 bits per heavy atom. The number of amides is 2. The van der Waals surface area contributed by atoms with Gasteiger partial charge >= 0.3 is 0 Å². The molecule has 0 spiro atoms. The number of carbonyl (C=O) groups is 2. The number of halogens is 2. The SMILES string of the molecule is CCOc1cc(/C=C2/SC(=S)N(NC(=O)c3ccc(C)cc3Cl)C2=O)cc(Br)c1OCc1ccccc1. The maximum Gasteiger partial charge on any atom is 0.285 e. The van der Waals surface area contributed by atoms with Crippen LogP contribution in [0.1, 0.15) is 34.0 Å². The number of rotatable bonds is 8. The van der Waals surface area contributed by atoms with Crippen LogP contribution in [0.25, 0.3) is 6.08 Å². The number of hydrazine groups is 1. The predicted octanol–water partition coefficient (Wildman–Crippen LogP) is 6.93. The Labute approximate surface area is 238 Å². The maximum atomic E-state index is 13.1. The van der Waals surface area contributed by atoms with Crippen molar-refractivity contribution in [3.05, 3.63) is 97.3 Å². The lowest BCUT2D eigenvalue weighted by Crippen LogP contribution is -2.44. The monoisotopic (exact) mass is 616 g/mol. The molecule has 1 fully saturated rings. The van der Waals surface area contributed by atoms with Crippen LogP contribution in [0, 0.1) is 6.92 Å². The zero-order valence-corrected chi connectivity index (χ0v) is 23.9. The second-order valence-electron chi connectivity index (χ2n) is 7.98. The molecule has 0 radical (unpaired) electrons. The van der Waals surface area contributed by atoms with Crippen molar-refractivity contribution >= 4 is 73.7 Å². The fourth-order valence-corrected chi connectivity index (χ4v) is 5.56. The molecule has 37 heavy (non-hydrogen) atoms. The van der Waals surface area contributed by atoms with Gasteiger partial charge in [-0.1, -0.05) is 59.8 Å². The van der Waals surface area contributed by atoms with E-state index < -0.39 is 11.8 Å². The highest BCUT2D eigenvalue weighted by Crippen LogP contribution is 2.39. The van der Waals surface area contributed by atoms with Gasteiger partial charge in [0.05, 0.1) is 26.6 Å². The summed E-state index contributed by atoms with van der Waals surface area (Å²) in [6.45, 7) is 4.57. The third kappa shape index (κ3) is 6.54. The Morgan fingerprint density at radius 2 is 1.92 bits per heavy atom. The fraction of sp³-hybridized carbons (Fsp3) is 0.148. The molecule has 0 atom stereocenters. The van der Waals surface area contributed by atoms with Crippen LogP contribution in [0.15, 0.2) is 70.0 Å². The van der Waals surface area contributed by atoms with Gasteiger partial charge in [0.15, 0.2) is 15.8 Å². The molecule has 1 N–H and O–H groups in total. The average Bonchev–Trinajstić information content (AvgIpc) is 3.11. The minimum atomic E-state index is -0.524. The quantitative estimate of drug-likeness (QED) is 0.218.